The summed E-state index contributed by atoms with van der Waals surface area (Å²) in [5.74, 6) is -0.210. The summed E-state index contributed by atoms with van der Waals surface area (Å²) in [4.78, 5) is 52.4. The molecule has 9 heteroatoms. The number of hydrogen-bond donors (Lipinski definition) is 3. The van der Waals surface area contributed by atoms with Crippen molar-refractivity contribution in [3.05, 3.63) is 69.4 Å². The molecular weight excluding hydrogens is 482 g/mol. The standard InChI is InChI=1S/C29H35N5O4/c1-18(2)34-25-15-14-21(16-23(25)27(36)33(29(34)38)17-19-12-13-19)30-26(35)22-10-6-7-11-24(22)32-28(37)31-20-8-4-3-5-9-20/h3-5,8-9,14-16,18-19,22,24H,6-7,10-13,17H2,1-2H3,(H,30,35)(H2,31,32,37)/t22-,24-/m0/s1. The second-order valence-corrected chi connectivity index (χ2v) is 10.8. The second kappa shape index (κ2) is 10.8. The lowest BCUT2D eigenvalue weighted by atomic mass is 9.84. The largest absolute Gasteiger partial charge is 0.334 e. The van der Waals surface area contributed by atoms with E-state index in [0.29, 0.717) is 47.6 Å². The second-order valence-electron chi connectivity index (χ2n) is 10.8. The molecule has 38 heavy (non-hydrogen) atoms. The summed E-state index contributed by atoms with van der Waals surface area (Å²) in [5, 5.41) is 9.19. The molecule has 0 spiro atoms. The number of anilines is 2. The van der Waals surface area contributed by atoms with E-state index in [2.05, 4.69) is 16.0 Å². The van der Waals surface area contributed by atoms with Gasteiger partial charge in [0.2, 0.25) is 5.91 Å². The maximum absolute atomic E-state index is 13.4. The first kappa shape index (κ1) is 25.8. The molecule has 0 bridgehead atoms. The third kappa shape index (κ3) is 5.51. The minimum Gasteiger partial charge on any atom is -0.334 e. The molecule has 3 N–H and O–H groups in total. The van der Waals surface area contributed by atoms with Crippen molar-refractivity contribution < 1.29 is 9.59 Å². The number of aromatic nitrogens is 2. The number of nitrogens with one attached hydrogen (secondary N) is 3. The van der Waals surface area contributed by atoms with Crippen LogP contribution >= 0.6 is 0 Å². The number of para-hydroxylation sites is 1. The van der Waals surface area contributed by atoms with Gasteiger partial charge in [0.25, 0.3) is 5.56 Å². The van der Waals surface area contributed by atoms with Gasteiger partial charge in [-0.2, -0.15) is 0 Å². The molecule has 3 amide bonds. The lowest BCUT2D eigenvalue weighted by Gasteiger charge is -2.31. The number of rotatable bonds is 7. The van der Waals surface area contributed by atoms with Gasteiger partial charge in [-0.1, -0.05) is 31.0 Å². The first-order chi connectivity index (χ1) is 18.3. The van der Waals surface area contributed by atoms with Crippen LogP contribution in [0, 0.1) is 11.8 Å². The maximum atomic E-state index is 13.4. The van der Waals surface area contributed by atoms with E-state index in [1.54, 1.807) is 22.8 Å². The maximum Gasteiger partial charge on any atom is 0.331 e. The molecular formula is C29H35N5O4. The number of amides is 3. The molecule has 0 saturated heterocycles. The zero-order valence-corrected chi connectivity index (χ0v) is 21.9. The first-order valence-corrected chi connectivity index (χ1v) is 13.5. The van der Waals surface area contributed by atoms with Crippen LogP contribution in [-0.4, -0.2) is 27.1 Å². The Balaban J connectivity index is 1.37. The van der Waals surface area contributed by atoms with Gasteiger partial charge in [0.1, 0.15) is 0 Å². The summed E-state index contributed by atoms with van der Waals surface area (Å²) >= 11 is 0. The van der Waals surface area contributed by atoms with Crippen molar-refractivity contribution in [2.75, 3.05) is 10.6 Å². The SMILES string of the molecule is CC(C)n1c(=O)n(CC2CC2)c(=O)c2cc(NC(=O)[C@H]3CCCC[C@@H]3NC(=O)Nc3ccccc3)ccc21. The van der Waals surface area contributed by atoms with Gasteiger partial charge >= 0.3 is 11.7 Å². The van der Waals surface area contributed by atoms with E-state index in [1.165, 1.54) is 4.57 Å². The molecule has 0 unspecified atom stereocenters. The predicted molar refractivity (Wildman–Crippen MR) is 149 cm³/mol. The molecule has 2 atom stereocenters. The van der Waals surface area contributed by atoms with E-state index in [4.69, 9.17) is 0 Å². The highest BCUT2D eigenvalue weighted by Crippen LogP contribution is 2.30. The Bertz CT molecular complexity index is 1460. The van der Waals surface area contributed by atoms with Crippen LogP contribution in [0.25, 0.3) is 10.9 Å². The fraction of sp³-hybridized carbons (Fsp3) is 0.448. The van der Waals surface area contributed by atoms with Gasteiger partial charge in [0, 0.05) is 30.0 Å². The molecule has 5 rings (SSSR count). The quantitative estimate of drug-likeness (QED) is 0.429. The first-order valence-electron chi connectivity index (χ1n) is 13.5. The number of carbonyl (C=O) groups excluding carboxylic acids is 2. The number of carbonyl (C=O) groups is 2. The Morgan fingerprint density at radius 2 is 1.66 bits per heavy atom. The minimum atomic E-state index is -0.392. The molecule has 9 nitrogen and oxygen atoms in total. The molecule has 2 aliphatic carbocycles. The van der Waals surface area contributed by atoms with Crippen molar-refractivity contribution in [1.82, 2.24) is 14.5 Å². The highest BCUT2D eigenvalue weighted by molar-refractivity contribution is 5.96. The normalized spacial score (nSPS) is 19.3. The molecule has 1 heterocycles. The average molecular weight is 518 g/mol. The van der Waals surface area contributed by atoms with Gasteiger partial charge in [-0.05, 0) is 75.8 Å². The van der Waals surface area contributed by atoms with E-state index in [9.17, 15) is 19.2 Å². The molecule has 2 aromatic carbocycles. The Morgan fingerprint density at radius 1 is 0.921 bits per heavy atom. The average Bonchev–Trinajstić information content (AvgIpc) is 3.72. The van der Waals surface area contributed by atoms with E-state index < -0.39 is 5.92 Å². The van der Waals surface area contributed by atoms with Crippen LogP contribution in [0.5, 0.6) is 0 Å². The Morgan fingerprint density at radius 3 is 2.37 bits per heavy atom. The summed E-state index contributed by atoms with van der Waals surface area (Å²) in [5.41, 5.74) is 1.15. The van der Waals surface area contributed by atoms with Crippen LogP contribution in [0.1, 0.15) is 58.4 Å². The summed E-state index contributed by atoms with van der Waals surface area (Å²) in [6.45, 7) is 4.27. The van der Waals surface area contributed by atoms with Gasteiger partial charge < -0.3 is 16.0 Å². The lowest BCUT2D eigenvalue weighted by Crippen LogP contribution is -2.48. The van der Waals surface area contributed by atoms with Gasteiger partial charge in [0.15, 0.2) is 0 Å². The van der Waals surface area contributed by atoms with Crippen LogP contribution in [-0.2, 0) is 11.3 Å². The van der Waals surface area contributed by atoms with Crippen molar-refractivity contribution in [1.29, 1.82) is 0 Å². The highest BCUT2D eigenvalue weighted by atomic mass is 16.2. The van der Waals surface area contributed by atoms with Crippen molar-refractivity contribution >= 4 is 34.2 Å². The summed E-state index contributed by atoms with van der Waals surface area (Å²) in [7, 11) is 0. The minimum absolute atomic E-state index is 0.118. The highest BCUT2D eigenvalue weighted by Gasteiger charge is 2.32. The van der Waals surface area contributed by atoms with E-state index in [-0.39, 0.29) is 35.3 Å². The van der Waals surface area contributed by atoms with Gasteiger partial charge in [-0.3, -0.25) is 18.7 Å². The third-order valence-corrected chi connectivity index (χ3v) is 7.54. The number of benzene rings is 2. The zero-order chi connectivity index (χ0) is 26.8. The Hall–Kier alpha value is -3.88. The topological polar surface area (TPSA) is 114 Å². The predicted octanol–water partition coefficient (Wildman–Crippen LogP) is 4.47. The molecule has 2 saturated carbocycles. The molecule has 2 fully saturated rings. The van der Waals surface area contributed by atoms with Crippen LogP contribution in [0.4, 0.5) is 16.2 Å². The number of hydrogen-bond acceptors (Lipinski definition) is 4. The molecule has 3 aromatic rings. The number of fused-ring (bicyclic) bond motifs is 1. The van der Waals surface area contributed by atoms with Gasteiger partial charge in [0.05, 0.1) is 16.8 Å². The van der Waals surface area contributed by atoms with Crippen LogP contribution < -0.4 is 27.2 Å². The monoisotopic (exact) mass is 517 g/mol. The molecule has 1 aromatic heterocycles. The fourth-order valence-corrected chi connectivity index (χ4v) is 5.39. The van der Waals surface area contributed by atoms with Gasteiger partial charge in [-0.25, -0.2) is 9.59 Å². The van der Waals surface area contributed by atoms with Crippen LogP contribution in [0.3, 0.4) is 0 Å². The smallest absolute Gasteiger partial charge is 0.331 e. The summed E-state index contributed by atoms with van der Waals surface area (Å²) < 4.78 is 3.00. The Labute approximate surface area is 221 Å². The van der Waals surface area contributed by atoms with E-state index >= 15 is 0 Å². The van der Waals surface area contributed by atoms with Crippen LogP contribution in [0.2, 0.25) is 0 Å². The van der Waals surface area contributed by atoms with Crippen LogP contribution in [0.15, 0.2) is 58.1 Å². The molecule has 0 radical (unpaired) electrons. The van der Waals surface area contributed by atoms with Crippen molar-refractivity contribution in [2.24, 2.45) is 11.8 Å². The molecule has 200 valence electrons. The van der Waals surface area contributed by atoms with Crippen molar-refractivity contribution in [3.8, 4) is 0 Å². The van der Waals surface area contributed by atoms with Crippen molar-refractivity contribution in [2.45, 2.75) is 71.0 Å². The summed E-state index contributed by atoms with van der Waals surface area (Å²) in [6.07, 6.45) is 5.27. The lowest BCUT2D eigenvalue weighted by molar-refractivity contribution is -0.121. The van der Waals surface area contributed by atoms with Crippen molar-refractivity contribution in [3.63, 3.8) is 0 Å². The van der Waals surface area contributed by atoms with Gasteiger partial charge in [-0.15, -0.1) is 0 Å². The fourth-order valence-electron chi connectivity index (χ4n) is 5.39. The molecule has 0 aliphatic heterocycles. The van der Waals surface area contributed by atoms with E-state index in [1.807, 2.05) is 44.2 Å². The molecule has 2 aliphatic rings. The number of urea groups is 1. The third-order valence-electron chi connectivity index (χ3n) is 7.54. The van der Waals surface area contributed by atoms with E-state index in [0.717, 1.165) is 25.7 Å². The summed E-state index contributed by atoms with van der Waals surface area (Å²) in [6, 6.07) is 13.6. The number of nitrogens with zero attached hydrogens (tertiary/aromatic N) is 2. The zero-order valence-electron chi connectivity index (χ0n) is 21.9. The Kier molecular flexibility index (Phi) is 7.35.